The van der Waals surface area contributed by atoms with E-state index in [4.69, 9.17) is 10.5 Å². The average molecular weight is 222 g/mol. The molecule has 0 aromatic carbocycles. The van der Waals surface area contributed by atoms with E-state index in [2.05, 4.69) is 9.72 Å². The minimum absolute atomic E-state index is 0.0530. The molecular formula is C8H9F3N2O2. The lowest BCUT2D eigenvalue weighted by Crippen LogP contribution is -2.18. The van der Waals surface area contributed by atoms with Crippen molar-refractivity contribution >= 4 is 0 Å². The second kappa shape index (κ2) is 4.35. The Morgan fingerprint density at radius 2 is 2.07 bits per heavy atom. The van der Waals surface area contributed by atoms with Crippen molar-refractivity contribution in [2.45, 2.75) is 12.9 Å². The lowest BCUT2D eigenvalue weighted by molar-refractivity contribution is -0.275. The number of pyridine rings is 1. The van der Waals surface area contributed by atoms with Gasteiger partial charge in [0.15, 0.2) is 11.5 Å². The van der Waals surface area contributed by atoms with Crippen molar-refractivity contribution in [2.24, 2.45) is 5.73 Å². The lowest BCUT2D eigenvalue weighted by Gasteiger charge is -2.12. The maximum Gasteiger partial charge on any atom is 0.573 e. The summed E-state index contributed by atoms with van der Waals surface area (Å²) >= 11 is 0. The van der Waals surface area contributed by atoms with Gasteiger partial charge in [0.2, 0.25) is 0 Å². The number of ether oxygens (including phenoxy) is 2. The molecule has 15 heavy (non-hydrogen) atoms. The normalized spacial score (nSPS) is 11.3. The van der Waals surface area contributed by atoms with E-state index in [1.54, 1.807) is 0 Å². The van der Waals surface area contributed by atoms with Gasteiger partial charge < -0.3 is 15.2 Å². The third kappa shape index (κ3) is 3.28. The summed E-state index contributed by atoms with van der Waals surface area (Å²) in [6.45, 7) is 0.114. The highest BCUT2D eigenvalue weighted by Gasteiger charge is 2.32. The zero-order chi connectivity index (χ0) is 11.5. The Labute approximate surface area is 83.8 Å². The fourth-order valence-corrected chi connectivity index (χ4v) is 0.937. The van der Waals surface area contributed by atoms with Gasteiger partial charge in [-0.2, -0.15) is 0 Å². The van der Waals surface area contributed by atoms with E-state index in [-0.39, 0.29) is 12.3 Å². The van der Waals surface area contributed by atoms with Gasteiger partial charge in [-0.1, -0.05) is 0 Å². The van der Waals surface area contributed by atoms with Crippen LogP contribution in [0.5, 0.6) is 11.5 Å². The van der Waals surface area contributed by atoms with Crippen molar-refractivity contribution in [1.82, 2.24) is 4.98 Å². The standard InChI is InChI=1S/C8H9F3N2O2/c1-14-6-2-5(3-12)13-4-7(6)15-8(9,10)11/h2,4H,3,12H2,1H3. The fraction of sp³-hybridized carbons (Fsp3) is 0.375. The van der Waals surface area contributed by atoms with Gasteiger partial charge in [-0.3, -0.25) is 4.98 Å². The minimum Gasteiger partial charge on any atom is -0.493 e. The molecule has 0 amide bonds. The van der Waals surface area contributed by atoms with E-state index in [1.165, 1.54) is 13.2 Å². The second-order valence-electron chi connectivity index (χ2n) is 2.58. The fourth-order valence-electron chi connectivity index (χ4n) is 0.937. The summed E-state index contributed by atoms with van der Waals surface area (Å²) < 4.78 is 44.1. The molecule has 4 nitrogen and oxygen atoms in total. The van der Waals surface area contributed by atoms with Crippen molar-refractivity contribution in [3.8, 4) is 11.5 Å². The molecular weight excluding hydrogens is 213 g/mol. The Bertz CT molecular complexity index is 341. The molecule has 2 N–H and O–H groups in total. The number of hydrogen-bond acceptors (Lipinski definition) is 4. The molecule has 84 valence electrons. The summed E-state index contributed by atoms with van der Waals surface area (Å²) in [5.41, 5.74) is 5.69. The van der Waals surface area contributed by atoms with Crippen LogP contribution in [0.2, 0.25) is 0 Å². The second-order valence-corrected chi connectivity index (χ2v) is 2.58. The highest BCUT2D eigenvalue weighted by Crippen LogP contribution is 2.31. The van der Waals surface area contributed by atoms with E-state index >= 15 is 0 Å². The highest BCUT2D eigenvalue weighted by molar-refractivity contribution is 5.39. The average Bonchev–Trinajstić information content (AvgIpc) is 2.16. The monoisotopic (exact) mass is 222 g/mol. The molecule has 1 aromatic rings. The summed E-state index contributed by atoms with van der Waals surface area (Å²) in [5.74, 6) is -0.537. The van der Waals surface area contributed by atoms with Crippen LogP contribution in [0, 0.1) is 0 Å². The SMILES string of the molecule is COc1cc(CN)ncc1OC(F)(F)F. The highest BCUT2D eigenvalue weighted by atomic mass is 19.4. The molecule has 0 aliphatic heterocycles. The summed E-state index contributed by atoms with van der Waals surface area (Å²) in [7, 11) is 1.23. The van der Waals surface area contributed by atoms with Crippen LogP contribution >= 0.6 is 0 Å². The van der Waals surface area contributed by atoms with Gasteiger partial charge in [-0.05, 0) is 0 Å². The first-order valence-corrected chi connectivity index (χ1v) is 3.95. The number of aromatic nitrogens is 1. The molecule has 1 heterocycles. The van der Waals surface area contributed by atoms with Gasteiger partial charge in [-0.15, -0.1) is 13.2 Å². The Morgan fingerprint density at radius 3 is 2.53 bits per heavy atom. The summed E-state index contributed by atoms with van der Waals surface area (Å²) in [6, 6.07) is 1.29. The van der Waals surface area contributed by atoms with Crippen molar-refractivity contribution in [3.05, 3.63) is 18.0 Å². The smallest absolute Gasteiger partial charge is 0.493 e. The number of nitrogens with two attached hydrogens (primary N) is 1. The minimum atomic E-state index is -4.76. The van der Waals surface area contributed by atoms with Crippen LogP contribution in [0.4, 0.5) is 13.2 Å². The lowest BCUT2D eigenvalue weighted by atomic mass is 10.3. The summed E-state index contributed by atoms with van der Waals surface area (Å²) in [6.07, 6.45) is -3.84. The van der Waals surface area contributed by atoms with Crippen LogP contribution < -0.4 is 15.2 Å². The zero-order valence-electron chi connectivity index (χ0n) is 7.84. The summed E-state index contributed by atoms with van der Waals surface area (Å²) in [4.78, 5) is 3.66. The van der Waals surface area contributed by atoms with Gasteiger partial charge in [0, 0.05) is 12.6 Å². The first kappa shape index (κ1) is 11.6. The van der Waals surface area contributed by atoms with Crippen LogP contribution in [0.25, 0.3) is 0 Å². The van der Waals surface area contributed by atoms with Gasteiger partial charge >= 0.3 is 6.36 Å². The number of alkyl halides is 3. The van der Waals surface area contributed by atoms with E-state index in [0.717, 1.165) is 6.20 Å². The molecule has 0 atom stereocenters. The van der Waals surface area contributed by atoms with E-state index < -0.39 is 12.1 Å². The van der Waals surface area contributed by atoms with Gasteiger partial charge in [0.1, 0.15) is 0 Å². The molecule has 1 aromatic heterocycles. The van der Waals surface area contributed by atoms with E-state index in [1.807, 2.05) is 0 Å². The van der Waals surface area contributed by atoms with Gasteiger partial charge in [0.25, 0.3) is 0 Å². The van der Waals surface area contributed by atoms with Crippen LogP contribution in [0.1, 0.15) is 5.69 Å². The molecule has 0 aliphatic carbocycles. The van der Waals surface area contributed by atoms with E-state index in [0.29, 0.717) is 5.69 Å². The topological polar surface area (TPSA) is 57.4 Å². The Balaban J connectivity index is 2.97. The molecule has 0 bridgehead atoms. The van der Waals surface area contributed by atoms with Crippen molar-refractivity contribution < 1.29 is 22.6 Å². The Kier molecular flexibility index (Phi) is 3.35. The maximum atomic E-state index is 11.9. The maximum absolute atomic E-state index is 11.9. The molecule has 0 saturated carbocycles. The molecule has 1 rings (SSSR count). The summed E-state index contributed by atoms with van der Waals surface area (Å²) in [5, 5.41) is 0. The van der Waals surface area contributed by atoms with E-state index in [9.17, 15) is 13.2 Å². The molecule has 0 spiro atoms. The van der Waals surface area contributed by atoms with Crippen molar-refractivity contribution in [3.63, 3.8) is 0 Å². The quantitative estimate of drug-likeness (QED) is 0.840. The number of rotatable bonds is 3. The number of halogens is 3. The first-order valence-electron chi connectivity index (χ1n) is 3.95. The molecule has 7 heteroatoms. The Hall–Kier alpha value is -1.50. The van der Waals surface area contributed by atoms with Crippen molar-refractivity contribution in [2.75, 3.05) is 7.11 Å². The third-order valence-corrected chi connectivity index (χ3v) is 1.54. The van der Waals surface area contributed by atoms with Crippen LogP contribution in [-0.2, 0) is 6.54 Å². The third-order valence-electron chi connectivity index (χ3n) is 1.54. The zero-order valence-corrected chi connectivity index (χ0v) is 7.84. The molecule has 0 fully saturated rings. The molecule has 0 aliphatic rings. The number of hydrogen-bond donors (Lipinski definition) is 1. The van der Waals surface area contributed by atoms with Crippen LogP contribution in [0.3, 0.4) is 0 Å². The van der Waals surface area contributed by atoms with Gasteiger partial charge in [0.05, 0.1) is 19.0 Å². The number of methoxy groups -OCH3 is 1. The predicted octanol–water partition coefficient (Wildman–Crippen LogP) is 1.45. The molecule has 0 saturated heterocycles. The van der Waals surface area contributed by atoms with Gasteiger partial charge in [-0.25, -0.2) is 0 Å². The Morgan fingerprint density at radius 1 is 1.40 bits per heavy atom. The van der Waals surface area contributed by atoms with Crippen molar-refractivity contribution in [1.29, 1.82) is 0 Å². The molecule has 0 radical (unpaired) electrons. The number of nitrogens with zero attached hydrogens (tertiary/aromatic N) is 1. The van der Waals surface area contributed by atoms with Crippen LogP contribution in [0.15, 0.2) is 12.3 Å². The first-order chi connectivity index (χ1) is 6.96. The molecule has 0 unspecified atom stereocenters. The van der Waals surface area contributed by atoms with Crippen LogP contribution in [-0.4, -0.2) is 18.5 Å². The largest absolute Gasteiger partial charge is 0.573 e. The predicted molar refractivity (Wildman–Crippen MR) is 45.4 cm³/mol.